The fraction of sp³-hybridized carbons (Fsp3) is 0. The van der Waals surface area contributed by atoms with Gasteiger partial charge in [0, 0.05) is 10.4 Å². The first-order chi connectivity index (χ1) is 5.25. The predicted molar refractivity (Wildman–Crippen MR) is 53.9 cm³/mol. The van der Waals surface area contributed by atoms with Crippen LogP contribution in [0.15, 0.2) is 28.1 Å². The lowest BCUT2D eigenvalue weighted by atomic mass is 10.2. The number of hydrogen-bond acceptors (Lipinski definition) is 2. The molecule has 0 amide bonds. The van der Waals surface area contributed by atoms with Crippen molar-refractivity contribution >= 4 is 43.0 Å². The van der Waals surface area contributed by atoms with E-state index in [1.54, 1.807) is 11.3 Å². The van der Waals surface area contributed by atoms with Gasteiger partial charge in [0.15, 0.2) is 0 Å². The van der Waals surface area contributed by atoms with E-state index >= 15 is 0 Å². The molecule has 1 aromatic heterocycles. The summed E-state index contributed by atoms with van der Waals surface area (Å²) >= 11 is 5.15. The van der Waals surface area contributed by atoms with Crippen LogP contribution in [0.2, 0.25) is 0 Å². The molecule has 0 aliphatic rings. The highest BCUT2D eigenvalue weighted by atomic mass is 79.9. The van der Waals surface area contributed by atoms with Crippen molar-refractivity contribution in [3.05, 3.63) is 28.1 Å². The Morgan fingerprint density at radius 1 is 1.27 bits per heavy atom. The van der Waals surface area contributed by atoms with Crippen LogP contribution in [-0.4, -0.2) is 0 Å². The molecule has 0 bridgehead atoms. The molecule has 2 rings (SSSR count). The van der Waals surface area contributed by atoms with Gasteiger partial charge in [-0.1, -0.05) is 0 Å². The maximum Gasteiger partial charge on any atom is 0.0711 e. The molecule has 0 unspecified atom stereocenters. The number of thiophene rings is 1. The van der Waals surface area contributed by atoms with Crippen molar-refractivity contribution in [3.8, 4) is 0 Å². The van der Waals surface area contributed by atoms with E-state index in [2.05, 4.69) is 22.0 Å². The van der Waals surface area contributed by atoms with Crippen molar-refractivity contribution < 1.29 is 0 Å². The first-order valence-electron chi connectivity index (χ1n) is 3.20. The highest BCUT2D eigenvalue weighted by Crippen LogP contribution is 2.30. The van der Waals surface area contributed by atoms with Crippen molar-refractivity contribution in [3.63, 3.8) is 0 Å². The van der Waals surface area contributed by atoms with Crippen LogP contribution in [0.3, 0.4) is 0 Å². The van der Waals surface area contributed by atoms with Crippen LogP contribution in [0.25, 0.3) is 10.1 Å². The van der Waals surface area contributed by atoms with Gasteiger partial charge < -0.3 is 5.73 Å². The lowest BCUT2D eigenvalue weighted by Crippen LogP contribution is -1.80. The van der Waals surface area contributed by atoms with Crippen LogP contribution in [0.5, 0.6) is 0 Å². The SMILES string of the molecule is Nc1ccc2sc(Br)cc2c1. The molecule has 11 heavy (non-hydrogen) atoms. The fourth-order valence-electron chi connectivity index (χ4n) is 1.03. The molecule has 1 aromatic carbocycles. The molecule has 0 aliphatic carbocycles. The molecule has 1 heterocycles. The Kier molecular flexibility index (Phi) is 1.62. The van der Waals surface area contributed by atoms with Gasteiger partial charge in [-0.2, -0.15) is 0 Å². The average Bonchev–Trinajstić information content (AvgIpc) is 2.27. The van der Waals surface area contributed by atoms with Gasteiger partial charge in [-0.3, -0.25) is 0 Å². The van der Waals surface area contributed by atoms with E-state index in [0.717, 1.165) is 9.47 Å². The van der Waals surface area contributed by atoms with Crippen LogP contribution in [0.4, 0.5) is 5.69 Å². The number of nitrogens with two attached hydrogens (primary N) is 1. The van der Waals surface area contributed by atoms with Gasteiger partial charge >= 0.3 is 0 Å². The number of anilines is 1. The zero-order valence-corrected chi connectivity index (χ0v) is 8.08. The second-order valence-electron chi connectivity index (χ2n) is 2.35. The Bertz CT molecular complexity index is 394. The zero-order chi connectivity index (χ0) is 7.84. The smallest absolute Gasteiger partial charge is 0.0711 e. The molecule has 0 saturated heterocycles. The Labute approximate surface area is 77.0 Å². The highest BCUT2D eigenvalue weighted by molar-refractivity contribution is 9.11. The molecular formula is C8H6BrNS. The van der Waals surface area contributed by atoms with Gasteiger partial charge in [0.25, 0.3) is 0 Å². The molecule has 2 N–H and O–H groups in total. The molecule has 1 nitrogen and oxygen atoms in total. The standard InChI is InChI=1S/C8H6BrNS/c9-8-4-5-3-6(10)1-2-7(5)11-8/h1-4H,10H2. The summed E-state index contributed by atoms with van der Waals surface area (Å²) in [5.41, 5.74) is 6.44. The van der Waals surface area contributed by atoms with Crippen molar-refractivity contribution in [2.24, 2.45) is 0 Å². The maximum absolute atomic E-state index is 5.62. The summed E-state index contributed by atoms with van der Waals surface area (Å²) in [5.74, 6) is 0. The van der Waals surface area contributed by atoms with Crippen molar-refractivity contribution in [2.45, 2.75) is 0 Å². The first-order valence-corrected chi connectivity index (χ1v) is 4.81. The van der Waals surface area contributed by atoms with Gasteiger partial charge in [0.2, 0.25) is 0 Å². The highest BCUT2D eigenvalue weighted by Gasteiger charge is 1.97. The molecule has 2 aromatic rings. The summed E-state index contributed by atoms with van der Waals surface area (Å²) in [6.07, 6.45) is 0. The molecular weight excluding hydrogens is 222 g/mol. The lowest BCUT2D eigenvalue weighted by molar-refractivity contribution is 1.79. The summed E-state index contributed by atoms with van der Waals surface area (Å²) in [7, 11) is 0. The van der Waals surface area contributed by atoms with Gasteiger partial charge in [0.05, 0.1) is 3.79 Å². The van der Waals surface area contributed by atoms with E-state index < -0.39 is 0 Å². The topological polar surface area (TPSA) is 26.0 Å². The number of rotatable bonds is 0. The van der Waals surface area contributed by atoms with E-state index in [9.17, 15) is 0 Å². The summed E-state index contributed by atoms with van der Waals surface area (Å²) < 4.78 is 2.42. The van der Waals surface area contributed by atoms with E-state index in [0.29, 0.717) is 0 Å². The molecule has 0 aliphatic heterocycles. The zero-order valence-electron chi connectivity index (χ0n) is 5.67. The Balaban J connectivity index is 2.82. The van der Waals surface area contributed by atoms with Crippen molar-refractivity contribution in [2.75, 3.05) is 5.73 Å². The van der Waals surface area contributed by atoms with Crippen LogP contribution < -0.4 is 5.73 Å². The minimum absolute atomic E-state index is 0.822. The molecule has 0 spiro atoms. The summed E-state index contributed by atoms with van der Waals surface area (Å²) in [6.45, 7) is 0. The largest absolute Gasteiger partial charge is 0.399 e. The molecule has 0 radical (unpaired) electrons. The minimum atomic E-state index is 0.822. The molecule has 0 saturated carbocycles. The number of nitrogen functional groups attached to an aromatic ring is 1. The number of halogens is 1. The first kappa shape index (κ1) is 7.13. The van der Waals surface area contributed by atoms with Crippen molar-refractivity contribution in [1.82, 2.24) is 0 Å². The van der Waals surface area contributed by atoms with E-state index in [4.69, 9.17) is 5.73 Å². The third-order valence-electron chi connectivity index (χ3n) is 1.51. The third-order valence-corrected chi connectivity index (χ3v) is 3.13. The van der Waals surface area contributed by atoms with Crippen LogP contribution in [0, 0.1) is 0 Å². The number of fused-ring (bicyclic) bond motifs is 1. The Hall–Kier alpha value is -0.540. The van der Waals surface area contributed by atoms with E-state index in [1.807, 2.05) is 18.2 Å². The van der Waals surface area contributed by atoms with E-state index in [1.165, 1.54) is 10.1 Å². The average molecular weight is 228 g/mol. The summed E-state index contributed by atoms with van der Waals surface area (Å²) in [5, 5.41) is 1.21. The lowest BCUT2D eigenvalue weighted by Gasteiger charge is -1.90. The second kappa shape index (κ2) is 2.50. The third kappa shape index (κ3) is 1.26. The quantitative estimate of drug-likeness (QED) is 0.688. The molecule has 56 valence electrons. The Morgan fingerprint density at radius 2 is 2.09 bits per heavy atom. The van der Waals surface area contributed by atoms with E-state index in [-0.39, 0.29) is 0 Å². The molecule has 3 heteroatoms. The minimum Gasteiger partial charge on any atom is -0.399 e. The summed E-state index contributed by atoms with van der Waals surface area (Å²) in [6, 6.07) is 8.03. The van der Waals surface area contributed by atoms with Gasteiger partial charge in [-0.05, 0) is 45.6 Å². The van der Waals surface area contributed by atoms with Gasteiger partial charge in [0.1, 0.15) is 0 Å². The predicted octanol–water partition coefficient (Wildman–Crippen LogP) is 3.25. The summed E-state index contributed by atoms with van der Waals surface area (Å²) in [4.78, 5) is 0. The number of benzene rings is 1. The number of hydrogen-bond donors (Lipinski definition) is 1. The van der Waals surface area contributed by atoms with Crippen LogP contribution >= 0.6 is 27.3 Å². The molecule has 0 atom stereocenters. The normalized spacial score (nSPS) is 10.6. The van der Waals surface area contributed by atoms with Crippen LogP contribution in [0.1, 0.15) is 0 Å². The van der Waals surface area contributed by atoms with Crippen molar-refractivity contribution in [1.29, 1.82) is 0 Å². The van der Waals surface area contributed by atoms with Gasteiger partial charge in [-0.25, -0.2) is 0 Å². The monoisotopic (exact) mass is 227 g/mol. The van der Waals surface area contributed by atoms with Gasteiger partial charge in [-0.15, -0.1) is 11.3 Å². The Morgan fingerprint density at radius 3 is 2.91 bits per heavy atom. The molecule has 0 fully saturated rings. The van der Waals surface area contributed by atoms with Crippen LogP contribution in [-0.2, 0) is 0 Å². The maximum atomic E-state index is 5.62. The second-order valence-corrected chi connectivity index (χ2v) is 4.81. The fourth-order valence-corrected chi connectivity index (χ4v) is 2.57.